The highest BCUT2D eigenvalue weighted by atomic mass is 35.5. The summed E-state index contributed by atoms with van der Waals surface area (Å²) in [7, 11) is 0. The summed E-state index contributed by atoms with van der Waals surface area (Å²) >= 11 is 11.6. The molecule has 0 spiro atoms. The minimum absolute atomic E-state index is 0.118. The molecule has 2 amide bonds. The van der Waals surface area contributed by atoms with E-state index in [1.807, 2.05) is 26.0 Å². The van der Waals surface area contributed by atoms with Crippen LogP contribution in [0.1, 0.15) is 34.6 Å². The summed E-state index contributed by atoms with van der Waals surface area (Å²) in [6, 6.07) is 11.2. The SMILES string of the molecule is CCN(CC)c1ccc(C(=O)NNC(=O)COC(=O)c2cc(Cl)cc(Cl)c2)cc1. The number of carbonyl (C=O) groups is 3. The maximum Gasteiger partial charge on any atom is 0.338 e. The molecule has 0 unspecified atom stereocenters. The Morgan fingerprint density at radius 2 is 1.48 bits per heavy atom. The molecule has 2 rings (SSSR count). The Kier molecular flexibility index (Phi) is 8.30. The van der Waals surface area contributed by atoms with Crippen molar-refractivity contribution in [3.63, 3.8) is 0 Å². The van der Waals surface area contributed by atoms with Gasteiger partial charge in [-0.05, 0) is 56.3 Å². The van der Waals surface area contributed by atoms with Gasteiger partial charge in [-0.2, -0.15) is 0 Å². The molecule has 2 aromatic rings. The average Bonchev–Trinajstić information content (AvgIpc) is 2.71. The first-order chi connectivity index (χ1) is 13.8. The van der Waals surface area contributed by atoms with Crippen molar-refractivity contribution < 1.29 is 19.1 Å². The Hall–Kier alpha value is -2.77. The Labute approximate surface area is 178 Å². The van der Waals surface area contributed by atoms with Gasteiger partial charge in [-0.15, -0.1) is 0 Å². The van der Waals surface area contributed by atoms with E-state index in [0.29, 0.717) is 5.56 Å². The first-order valence-electron chi connectivity index (χ1n) is 8.91. The first-order valence-corrected chi connectivity index (χ1v) is 9.67. The number of rotatable bonds is 7. The lowest BCUT2D eigenvalue weighted by atomic mass is 10.2. The minimum atomic E-state index is -0.761. The molecule has 0 atom stereocenters. The number of anilines is 1. The van der Waals surface area contributed by atoms with Crippen molar-refractivity contribution in [1.29, 1.82) is 0 Å². The van der Waals surface area contributed by atoms with Gasteiger partial charge in [0.1, 0.15) is 0 Å². The quantitative estimate of drug-likeness (QED) is 0.511. The van der Waals surface area contributed by atoms with Gasteiger partial charge in [0.2, 0.25) is 0 Å². The van der Waals surface area contributed by atoms with E-state index in [2.05, 4.69) is 15.8 Å². The lowest BCUT2D eigenvalue weighted by molar-refractivity contribution is -0.125. The molecule has 154 valence electrons. The van der Waals surface area contributed by atoms with E-state index in [-0.39, 0.29) is 15.6 Å². The number of halogens is 2. The number of hydrogen-bond acceptors (Lipinski definition) is 5. The molecule has 2 aromatic carbocycles. The number of benzene rings is 2. The Morgan fingerprint density at radius 1 is 0.897 bits per heavy atom. The lowest BCUT2D eigenvalue weighted by Crippen LogP contribution is -2.43. The fourth-order valence-corrected chi connectivity index (χ4v) is 3.06. The summed E-state index contributed by atoms with van der Waals surface area (Å²) in [5, 5.41) is 0.543. The fraction of sp³-hybridized carbons (Fsp3) is 0.250. The Morgan fingerprint density at radius 3 is 2.03 bits per heavy atom. The normalized spacial score (nSPS) is 10.2. The van der Waals surface area contributed by atoms with E-state index in [1.165, 1.54) is 18.2 Å². The van der Waals surface area contributed by atoms with Gasteiger partial charge in [0.25, 0.3) is 11.8 Å². The van der Waals surface area contributed by atoms with Crippen LogP contribution < -0.4 is 15.8 Å². The average molecular weight is 438 g/mol. The molecule has 29 heavy (non-hydrogen) atoms. The fourth-order valence-electron chi connectivity index (χ4n) is 2.53. The first kappa shape index (κ1) is 22.5. The second-order valence-electron chi connectivity index (χ2n) is 5.96. The number of hydrogen-bond donors (Lipinski definition) is 2. The maximum absolute atomic E-state index is 12.1. The molecule has 9 heteroatoms. The molecule has 0 aromatic heterocycles. The van der Waals surface area contributed by atoms with E-state index in [1.54, 1.807) is 12.1 Å². The molecular weight excluding hydrogens is 417 g/mol. The largest absolute Gasteiger partial charge is 0.452 e. The van der Waals surface area contributed by atoms with Crippen LogP contribution in [0.2, 0.25) is 10.0 Å². The number of nitrogens with one attached hydrogen (secondary N) is 2. The molecular formula is C20H21Cl2N3O4. The summed E-state index contributed by atoms with van der Waals surface area (Å²) in [5.41, 5.74) is 5.97. The summed E-state index contributed by atoms with van der Waals surface area (Å²) < 4.78 is 4.88. The van der Waals surface area contributed by atoms with Crippen LogP contribution in [0, 0.1) is 0 Å². The van der Waals surface area contributed by atoms with Crippen LogP contribution in [0.15, 0.2) is 42.5 Å². The molecule has 7 nitrogen and oxygen atoms in total. The van der Waals surface area contributed by atoms with Crippen molar-refractivity contribution in [3.8, 4) is 0 Å². The second kappa shape index (κ2) is 10.7. The zero-order valence-electron chi connectivity index (χ0n) is 16.0. The molecule has 2 N–H and O–H groups in total. The maximum atomic E-state index is 12.1. The third-order valence-electron chi connectivity index (χ3n) is 4.01. The Balaban J connectivity index is 1.82. The molecule has 0 fully saturated rings. The third-order valence-corrected chi connectivity index (χ3v) is 4.44. The predicted octanol–water partition coefficient (Wildman–Crippen LogP) is 3.46. The van der Waals surface area contributed by atoms with Crippen molar-refractivity contribution in [2.24, 2.45) is 0 Å². The molecule has 0 radical (unpaired) electrons. The topological polar surface area (TPSA) is 87.7 Å². The number of hydrazine groups is 1. The van der Waals surface area contributed by atoms with Crippen LogP contribution in [0.5, 0.6) is 0 Å². The monoisotopic (exact) mass is 437 g/mol. The van der Waals surface area contributed by atoms with Crippen molar-refractivity contribution in [1.82, 2.24) is 10.9 Å². The number of carbonyl (C=O) groups excluding carboxylic acids is 3. The van der Waals surface area contributed by atoms with Crippen molar-refractivity contribution in [3.05, 3.63) is 63.6 Å². The van der Waals surface area contributed by atoms with Crippen LogP contribution in [0.25, 0.3) is 0 Å². The van der Waals surface area contributed by atoms with Crippen molar-refractivity contribution in [2.75, 3.05) is 24.6 Å². The predicted molar refractivity (Wildman–Crippen MR) is 112 cm³/mol. The van der Waals surface area contributed by atoms with Gasteiger partial charge in [-0.25, -0.2) is 4.79 Å². The number of amides is 2. The summed E-state index contributed by atoms with van der Waals surface area (Å²) in [6.07, 6.45) is 0. The number of ether oxygens (including phenoxy) is 1. The van der Waals surface area contributed by atoms with E-state index in [0.717, 1.165) is 18.8 Å². The summed E-state index contributed by atoms with van der Waals surface area (Å²) in [6.45, 7) is 5.24. The Bertz CT molecular complexity index is 864. The van der Waals surface area contributed by atoms with E-state index in [9.17, 15) is 14.4 Å². The van der Waals surface area contributed by atoms with E-state index < -0.39 is 24.4 Å². The van der Waals surface area contributed by atoms with Gasteiger partial charge in [0.05, 0.1) is 5.56 Å². The molecule has 0 heterocycles. The van der Waals surface area contributed by atoms with E-state index in [4.69, 9.17) is 27.9 Å². The molecule has 0 saturated heterocycles. The second-order valence-corrected chi connectivity index (χ2v) is 6.83. The van der Waals surface area contributed by atoms with E-state index >= 15 is 0 Å². The minimum Gasteiger partial charge on any atom is -0.452 e. The number of nitrogens with zero attached hydrogens (tertiary/aromatic N) is 1. The third kappa shape index (κ3) is 6.66. The summed E-state index contributed by atoms with van der Waals surface area (Å²) in [4.78, 5) is 38.0. The molecule has 0 aliphatic carbocycles. The smallest absolute Gasteiger partial charge is 0.338 e. The van der Waals surface area contributed by atoms with Gasteiger partial charge < -0.3 is 9.64 Å². The zero-order chi connectivity index (χ0) is 21.4. The van der Waals surface area contributed by atoms with Crippen LogP contribution in [0.3, 0.4) is 0 Å². The molecule has 0 bridgehead atoms. The van der Waals surface area contributed by atoms with Crippen LogP contribution in [0.4, 0.5) is 5.69 Å². The zero-order valence-corrected chi connectivity index (χ0v) is 17.5. The molecule has 0 aliphatic heterocycles. The lowest BCUT2D eigenvalue weighted by Gasteiger charge is -2.21. The van der Waals surface area contributed by atoms with Crippen molar-refractivity contribution in [2.45, 2.75) is 13.8 Å². The highest BCUT2D eigenvalue weighted by Gasteiger charge is 2.13. The van der Waals surface area contributed by atoms with Gasteiger partial charge in [0, 0.05) is 34.4 Å². The number of esters is 1. The highest BCUT2D eigenvalue weighted by molar-refractivity contribution is 6.35. The highest BCUT2D eigenvalue weighted by Crippen LogP contribution is 2.19. The van der Waals surface area contributed by atoms with Crippen LogP contribution in [-0.4, -0.2) is 37.5 Å². The van der Waals surface area contributed by atoms with Crippen LogP contribution >= 0.6 is 23.2 Å². The molecule has 0 saturated carbocycles. The van der Waals surface area contributed by atoms with Crippen molar-refractivity contribution >= 4 is 46.7 Å². The standard InChI is InChI=1S/C20H21Cl2N3O4/c1-3-25(4-2)17-7-5-13(6-8-17)19(27)24-23-18(26)12-29-20(28)14-9-15(21)11-16(22)10-14/h5-11H,3-4,12H2,1-2H3,(H,23,26)(H,24,27). The van der Waals surface area contributed by atoms with Gasteiger partial charge >= 0.3 is 5.97 Å². The summed E-state index contributed by atoms with van der Waals surface area (Å²) in [5.74, 6) is -1.94. The van der Waals surface area contributed by atoms with Gasteiger partial charge in [-0.3, -0.25) is 20.4 Å². The van der Waals surface area contributed by atoms with Crippen LogP contribution in [-0.2, 0) is 9.53 Å². The molecule has 0 aliphatic rings. The van der Waals surface area contributed by atoms with Gasteiger partial charge in [0.15, 0.2) is 6.61 Å². The van der Waals surface area contributed by atoms with Gasteiger partial charge in [-0.1, -0.05) is 23.2 Å².